The Kier molecular flexibility index (Phi) is 2.95. The van der Waals surface area contributed by atoms with Crippen molar-refractivity contribution in [1.29, 1.82) is 0 Å². The van der Waals surface area contributed by atoms with Gasteiger partial charge in [-0.15, -0.1) is 0 Å². The Morgan fingerprint density at radius 1 is 1.20 bits per heavy atom. The van der Waals surface area contributed by atoms with Gasteiger partial charge in [-0.25, -0.2) is 9.78 Å². The van der Waals surface area contributed by atoms with Gasteiger partial charge in [0.05, 0.1) is 5.52 Å². The van der Waals surface area contributed by atoms with Crippen LogP contribution in [0.3, 0.4) is 0 Å². The minimum absolute atomic E-state index is 0.0509. The molecule has 1 aromatic carbocycles. The fourth-order valence-corrected chi connectivity index (χ4v) is 2.28. The van der Waals surface area contributed by atoms with Crippen LogP contribution in [0.15, 0.2) is 42.6 Å². The Bertz CT molecular complexity index is 807. The number of pyridine rings is 1. The van der Waals surface area contributed by atoms with E-state index in [4.69, 9.17) is 11.6 Å². The first-order valence-electron chi connectivity index (χ1n) is 6.04. The highest BCUT2D eigenvalue weighted by Crippen LogP contribution is 2.24. The molecular formula is C15H11ClN2O2. The van der Waals surface area contributed by atoms with E-state index in [1.165, 1.54) is 0 Å². The molecule has 0 amide bonds. The van der Waals surface area contributed by atoms with Crippen LogP contribution in [0, 0.1) is 6.92 Å². The first-order valence-corrected chi connectivity index (χ1v) is 6.42. The Labute approximate surface area is 120 Å². The number of nitrogens with zero attached hydrogens (tertiary/aromatic N) is 2. The zero-order valence-corrected chi connectivity index (χ0v) is 11.4. The lowest BCUT2D eigenvalue weighted by Gasteiger charge is -2.02. The Balaban J connectivity index is 2.32. The predicted molar refractivity (Wildman–Crippen MR) is 77.3 cm³/mol. The molecule has 0 bridgehead atoms. The summed E-state index contributed by atoms with van der Waals surface area (Å²) < 4.78 is 1.79. The molecule has 20 heavy (non-hydrogen) atoms. The molecule has 0 saturated carbocycles. The van der Waals surface area contributed by atoms with Crippen LogP contribution >= 0.6 is 11.6 Å². The number of benzene rings is 1. The molecule has 4 nitrogen and oxygen atoms in total. The number of fused-ring (bicyclic) bond motifs is 1. The lowest BCUT2D eigenvalue weighted by molar-refractivity contribution is 0.0693. The molecule has 0 aliphatic rings. The van der Waals surface area contributed by atoms with Crippen LogP contribution in [0.1, 0.15) is 16.1 Å². The molecule has 2 aromatic heterocycles. The van der Waals surface area contributed by atoms with Crippen molar-refractivity contribution in [2.75, 3.05) is 0 Å². The standard InChI is InChI=1S/C15H11ClN2O2/c1-9-2-7-12-13(15(19)20)17-14(18(12)8-9)10-3-5-11(16)6-4-10/h2-8H,1H3,(H,19,20). The van der Waals surface area contributed by atoms with Crippen molar-refractivity contribution >= 4 is 23.1 Å². The molecule has 100 valence electrons. The van der Waals surface area contributed by atoms with Gasteiger partial charge in [0.1, 0.15) is 5.82 Å². The average Bonchev–Trinajstić information content (AvgIpc) is 2.78. The number of carbonyl (C=O) groups is 1. The molecule has 2 heterocycles. The maximum Gasteiger partial charge on any atom is 0.356 e. The third-order valence-corrected chi connectivity index (χ3v) is 3.34. The van der Waals surface area contributed by atoms with Crippen molar-refractivity contribution in [3.05, 3.63) is 58.9 Å². The van der Waals surface area contributed by atoms with Gasteiger partial charge >= 0.3 is 5.97 Å². The molecule has 0 spiro atoms. The number of carboxylic acids is 1. The summed E-state index contributed by atoms with van der Waals surface area (Å²) in [6.45, 7) is 1.95. The Hall–Kier alpha value is -2.33. The molecule has 0 fully saturated rings. The molecule has 0 unspecified atom stereocenters. The van der Waals surface area contributed by atoms with E-state index in [2.05, 4.69) is 4.98 Å². The number of aromatic nitrogens is 2. The number of hydrogen-bond acceptors (Lipinski definition) is 2. The smallest absolute Gasteiger partial charge is 0.356 e. The zero-order chi connectivity index (χ0) is 14.3. The largest absolute Gasteiger partial charge is 0.476 e. The van der Waals surface area contributed by atoms with Crippen LogP contribution in [0.2, 0.25) is 5.02 Å². The summed E-state index contributed by atoms with van der Waals surface area (Å²) >= 11 is 5.88. The molecule has 1 N–H and O–H groups in total. The normalized spacial score (nSPS) is 10.9. The molecule has 3 rings (SSSR count). The van der Waals surface area contributed by atoms with E-state index >= 15 is 0 Å². The van der Waals surface area contributed by atoms with Gasteiger partial charge < -0.3 is 5.11 Å². The molecule has 5 heteroatoms. The van der Waals surface area contributed by atoms with E-state index in [-0.39, 0.29) is 5.69 Å². The van der Waals surface area contributed by atoms with Crippen LogP contribution in [0.5, 0.6) is 0 Å². The molecule has 0 saturated heterocycles. The number of rotatable bonds is 2. The number of halogens is 1. The minimum Gasteiger partial charge on any atom is -0.476 e. The van der Waals surface area contributed by atoms with Crippen LogP contribution in [-0.2, 0) is 0 Å². The summed E-state index contributed by atoms with van der Waals surface area (Å²) in [7, 11) is 0. The van der Waals surface area contributed by atoms with Gasteiger partial charge in [0.15, 0.2) is 5.69 Å². The maximum absolute atomic E-state index is 11.3. The number of aromatic carboxylic acids is 1. The SMILES string of the molecule is Cc1ccc2c(C(=O)O)nc(-c3ccc(Cl)cc3)n2c1. The van der Waals surface area contributed by atoms with Gasteiger partial charge in [-0.2, -0.15) is 0 Å². The fraction of sp³-hybridized carbons (Fsp3) is 0.0667. The van der Waals surface area contributed by atoms with Gasteiger partial charge in [0.25, 0.3) is 0 Å². The van der Waals surface area contributed by atoms with Crippen LogP contribution in [0.4, 0.5) is 0 Å². The minimum atomic E-state index is -1.04. The number of aryl methyl sites for hydroxylation is 1. The number of carboxylic acid groups (broad SMARTS) is 1. The van der Waals surface area contributed by atoms with E-state index in [1.54, 1.807) is 22.6 Å². The lowest BCUT2D eigenvalue weighted by Crippen LogP contribution is -1.97. The van der Waals surface area contributed by atoms with Crippen molar-refractivity contribution in [2.45, 2.75) is 6.92 Å². The highest BCUT2D eigenvalue weighted by molar-refractivity contribution is 6.30. The molecule has 0 radical (unpaired) electrons. The van der Waals surface area contributed by atoms with Crippen molar-refractivity contribution in [1.82, 2.24) is 9.38 Å². The lowest BCUT2D eigenvalue weighted by atomic mass is 10.2. The molecule has 0 aliphatic heterocycles. The van der Waals surface area contributed by atoms with Crippen LogP contribution in [0.25, 0.3) is 16.9 Å². The summed E-state index contributed by atoms with van der Waals surface area (Å²) in [5, 5.41) is 9.89. The van der Waals surface area contributed by atoms with E-state index in [1.807, 2.05) is 31.3 Å². The van der Waals surface area contributed by atoms with Gasteiger partial charge in [0, 0.05) is 16.8 Å². The first kappa shape index (κ1) is 12.7. The number of imidazole rings is 1. The summed E-state index contributed by atoms with van der Waals surface area (Å²) in [5.74, 6) is -0.440. The second-order valence-electron chi connectivity index (χ2n) is 4.56. The summed E-state index contributed by atoms with van der Waals surface area (Å²) in [5.41, 5.74) is 2.48. The van der Waals surface area contributed by atoms with Crippen LogP contribution in [-0.4, -0.2) is 20.5 Å². The number of hydrogen-bond donors (Lipinski definition) is 1. The van der Waals surface area contributed by atoms with Crippen molar-refractivity contribution in [2.24, 2.45) is 0 Å². The Morgan fingerprint density at radius 2 is 1.90 bits per heavy atom. The topological polar surface area (TPSA) is 54.6 Å². The molecule has 0 aliphatic carbocycles. The predicted octanol–water partition coefficient (Wildman–Crippen LogP) is 3.66. The van der Waals surface area contributed by atoms with E-state index < -0.39 is 5.97 Å². The quantitative estimate of drug-likeness (QED) is 0.782. The van der Waals surface area contributed by atoms with Gasteiger partial charge in [0.2, 0.25) is 0 Å². The third kappa shape index (κ3) is 2.04. The van der Waals surface area contributed by atoms with E-state index in [0.717, 1.165) is 11.1 Å². The first-order chi connectivity index (χ1) is 9.56. The zero-order valence-electron chi connectivity index (χ0n) is 10.7. The summed E-state index contributed by atoms with van der Waals surface area (Å²) in [4.78, 5) is 15.6. The third-order valence-electron chi connectivity index (χ3n) is 3.09. The fourth-order valence-electron chi connectivity index (χ4n) is 2.15. The summed E-state index contributed by atoms with van der Waals surface area (Å²) in [6.07, 6.45) is 1.87. The van der Waals surface area contributed by atoms with Crippen LogP contribution < -0.4 is 0 Å². The van der Waals surface area contributed by atoms with Gasteiger partial charge in [-0.3, -0.25) is 4.40 Å². The molecule has 3 aromatic rings. The monoisotopic (exact) mass is 286 g/mol. The summed E-state index contributed by atoms with van der Waals surface area (Å²) in [6, 6.07) is 10.8. The van der Waals surface area contributed by atoms with Crippen molar-refractivity contribution in [3.8, 4) is 11.4 Å². The Morgan fingerprint density at radius 3 is 2.55 bits per heavy atom. The van der Waals surface area contributed by atoms with E-state index in [9.17, 15) is 9.90 Å². The van der Waals surface area contributed by atoms with Gasteiger partial charge in [-0.1, -0.05) is 17.7 Å². The highest BCUT2D eigenvalue weighted by atomic mass is 35.5. The van der Waals surface area contributed by atoms with Crippen molar-refractivity contribution in [3.63, 3.8) is 0 Å². The second kappa shape index (κ2) is 4.65. The second-order valence-corrected chi connectivity index (χ2v) is 4.99. The molecular weight excluding hydrogens is 276 g/mol. The average molecular weight is 287 g/mol. The van der Waals surface area contributed by atoms with E-state index in [0.29, 0.717) is 16.4 Å². The van der Waals surface area contributed by atoms with Crippen molar-refractivity contribution < 1.29 is 9.90 Å². The highest BCUT2D eigenvalue weighted by Gasteiger charge is 2.17. The molecule has 0 atom stereocenters. The van der Waals surface area contributed by atoms with Gasteiger partial charge in [-0.05, 0) is 42.8 Å². The maximum atomic E-state index is 11.3.